The van der Waals surface area contributed by atoms with Gasteiger partial charge in [-0.25, -0.2) is 0 Å². The SMILES string of the molecule is CC(Oc1ccc(C(C)(C)C)cc1)C(=O)Nc1cccc(C(=O)N2CCOCC2)c1. The Balaban J connectivity index is 1.60. The first kappa shape index (κ1) is 21.8. The van der Waals surface area contributed by atoms with Crippen molar-refractivity contribution in [2.24, 2.45) is 0 Å². The maximum absolute atomic E-state index is 12.6. The zero-order chi connectivity index (χ0) is 21.7. The van der Waals surface area contributed by atoms with Crippen LogP contribution in [0.2, 0.25) is 0 Å². The first-order valence-corrected chi connectivity index (χ1v) is 10.3. The van der Waals surface area contributed by atoms with Crippen molar-refractivity contribution in [2.75, 3.05) is 31.6 Å². The summed E-state index contributed by atoms with van der Waals surface area (Å²) in [6.07, 6.45) is -0.677. The molecular formula is C24H30N2O4. The molecule has 2 amide bonds. The number of hydrogen-bond donors (Lipinski definition) is 1. The fourth-order valence-corrected chi connectivity index (χ4v) is 3.21. The van der Waals surface area contributed by atoms with Crippen LogP contribution in [-0.2, 0) is 14.9 Å². The number of rotatable bonds is 5. The lowest BCUT2D eigenvalue weighted by molar-refractivity contribution is -0.122. The first-order valence-electron chi connectivity index (χ1n) is 10.3. The second-order valence-electron chi connectivity index (χ2n) is 8.51. The lowest BCUT2D eigenvalue weighted by atomic mass is 9.87. The summed E-state index contributed by atoms with van der Waals surface area (Å²) in [5.41, 5.74) is 2.37. The molecule has 0 aliphatic carbocycles. The molecule has 2 aromatic carbocycles. The summed E-state index contributed by atoms with van der Waals surface area (Å²) < 4.78 is 11.1. The third-order valence-corrected chi connectivity index (χ3v) is 5.08. The molecule has 1 heterocycles. The van der Waals surface area contributed by atoms with E-state index in [0.717, 1.165) is 0 Å². The largest absolute Gasteiger partial charge is 0.481 e. The summed E-state index contributed by atoms with van der Waals surface area (Å²) >= 11 is 0. The predicted molar refractivity (Wildman–Crippen MR) is 117 cm³/mol. The van der Waals surface area contributed by atoms with E-state index in [4.69, 9.17) is 9.47 Å². The Morgan fingerprint density at radius 3 is 2.37 bits per heavy atom. The van der Waals surface area contributed by atoms with Gasteiger partial charge in [-0.05, 0) is 48.2 Å². The molecule has 160 valence electrons. The van der Waals surface area contributed by atoms with E-state index in [1.165, 1.54) is 5.56 Å². The van der Waals surface area contributed by atoms with Crippen molar-refractivity contribution in [1.82, 2.24) is 4.90 Å². The fraction of sp³-hybridized carbons (Fsp3) is 0.417. The van der Waals surface area contributed by atoms with Gasteiger partial charge in [0, 0.05) is 24.3 Å². The van der Waals surface area contributed by atoms with E-state index >= 15 is 0 Å². The van der Waals surface area contributed by atoms with Crippen molar-refractivity contribution in [3.05, 3.63) is 59.7 Å². The van der Waals surface area contributed by atoms with Gasteiger partial charge in [-0.3, -0.25) is 9.59 Å². The molecule has 1 fully saturated rings. The highest BCUT2D eigenvalue weighted by atomic mass is 16.5. The quantitative estimate of drug-likeness (QED) is 0.813. The standard InChI is InChI=1S/C24H30N2O4/c1-17(30-21-10-8-19(9-11-21)24(2,3)4)22(27)25-20-7-5-6-18(16-20)23(28)26-12-14-29-15-13-26/h5-11,16-17H,12-15H2,1-4H3,(H,25,27). The van der Waals surface area contributed by atoms with Crippen molar-refractivity contribution in [3.8, 4) is 5.75 Å². The summed E-state index contributed by atoms with van der Waals surface area (Å²) in [6.45, 7) is 10.4. The van der Waals surface area contributed by atoms with Crippen LogP contribution < -0.4 is 10.1 Å². The molecule has 6 nitrogen and oxygen atoms in total. The first-order chi connectivity index (χ1) is 14.2. The van der Waals surface area contributed by atoms with E-state index in [0.29, 0.717) is 43.3 Å². The van der Waals surface area contributed by atoms with Gasteiger partial charge >= 0.3 is 0 Å². The van der Waals surface area contributed by atoms with Gasteiger partial charge in [0.05, 0.1) is 13.2 Å². The van der Waals surface area contributed by atoms with Crippen LogP contribution in [0.25, 0.3) is 0 Å². The minimum absolute atomic E-state index is 0.0577. The number of hydrogen-bond acceptors (Lipinski definition) is 4. The molecule has 0 saturated carbocycles. The second kappa shape index (κ2) is 9.30. The molecule has 0 bridgehead atoms. The van der Waals surface area contributed by atoms with E-state index in [2.05, 4.69) is 26.1 Å². The maximum Gasteiger partial charge on any atom is 0.265 e. The molecule has 30 heavy (non-hydrogen) atoms. The number of anilines is 1. The summed E-state index contributed by atoms with van der Waals surface area (Å²) in [7, 11) is 0. The number of benzene rings is 2. The molecule has 1 aliphatic heterocycles. The highest BCUT2D eigenvalue weighted by Crippen LogP contribution is 2.25. The molecule has 1 N–H and O–H groups in total. The van der Waals surface area contributed by atoms with Crippen LogP contribution in [0.4, 0.5) is 5.69 Å². The van der Waals surface area contributed by atoms with Gasteiger partial charge < -0.3 is 19.7 Å². The van der Waals surface area contributed by atoms with Gasteiger partial charge in [0.15, 0.2) is 6.10 Å². The van der Waals surface area contributed by atoms with Crippen LogP contribution in [-0.4, -0.2) is 49.1 Å². The average molecular weight is 411 g/mol. The minimum Gasteiger partial charge on any atom is -0.481 e. The molecule has 1 unspecified atom stereocenters. The number of carbonyl (C=O) groups is 2. The Morgan fingerprint density at radius 1 is 1.07 bits per heavy atom. The molecule has 0 radical (unpaired) electrons. The van der Waals surface area contributed by atoms with E-state index in [1.54, 1.807) is 36.1 Å². The van der Waals surface area contributed by atoms with E-state index < -0.39 is 6.10 Å². The molecule has 2 aromatic rings. The minimum atomic E-state index is -0.677. The third kappa shape index (κ3) is 5.60. The van der Waals surface area contributed by atoms with E-state index in [-0.39, 0.29) is 17.2 Å². The third-order valence-electron chi connectivity index (χ3n) is 5.08. The van der Waals surface area contributed by atoms with Gasteiger partial charge in [-0.15, -0.1) is 0 Å². The molecule has 0 spiro atoms. The van der Waals surface area contributed by atoms with Crippen LogP contribution in [0.1, 0.15) is 43.6 Å². The molecule has 0 aromatic heterocycles. The van der Waals surface area contributed by atoms with Crippen molar-refractivity contribution in [2.45, 2.75) is 39.2 Å². The highest BCUT2D eigenvalue weighted by molar-refractivity contribution is 5.98. The molecule has 1 atom stereocenters. The molecule has 1 saturated heterocycles. The van der Waals surface area contributed by atoms with Crippen LogP contribution in [0.5, 0.6) is 5.75 Å². The zero-order valence-corrected chi connectivity index (χ0v) is 18.1. The smallest absolute Gasteiger partial charge is 0.265 e. The molecule has 3 rings (SSSR count). The lowest BCUT2D eigenvalue weighted by Gasteiger charge is -2.27. The van der Waals surface area contributed by atoms with Crippen molar-refractivity contribution < 1.29 is 19.1 Å². The Labute approximate surface area is 178 Å². The molecule has 6 heteroatoms. The lowest BCUT2D eigenvalue weighted by Crippen LogP contribution is -2.40. The number of nitrogens with one attached hydrogen (secondary N) is 1. The van der Waals surface area contributed by atoms with Crippen molar-refractivity contribution in [3.63, 3.8) is 0 Å². The molecular weight excluding hydrogens is 380 g/mol. The summed E-state index contributed by atoms with van der Waals surface area (Å²) in [5.74, 6) is 0.311. The summed E-state index contributed by atoms with van der Waals surface area (Å²) in [6, 6.07) is 14.8. The van der Waals surface area contributed by atoms with Gasteiger partial charge in [0.25, 0.3) is 11.8 Å². The Kier molecular flexibility index (Phi) is 6.77. The molecule has 1 aliphatic rings. The fourth-order valence-electron chi connectivity index (χ4n) is 3.21. The number of carbonyl (C=O) groups excluding carboxylic acids is 2. The van der Waals surface area contributed by atoms with Gasteiger partial charge in [-0.2, -0.15) is 0 Å². The van der Waals surface area contributed by atoms with Gasteiger partial charge in [-0.1, -0.05) is 39.0 Å². The van der Waals surface area contributed by atoms with Crippen LogP contribution in [0.15, 0.2) is 48.5 Å². The van der Waals surface area contributed by atoms with Crippen molar-refractivity contribution in [1.29, 1.82) is 0 Å². The Hall–Kier alpha value is -2.86. The topological polar surface area (TPSA) is 67.9 Å². The summed E-state index contributed by atoms with van der Waals surface area (Å²) in [4.78, 5) is 27.0. The van der Waals surface area contributed by atoms with Gasteiger partial charge in [0.2, 0.25) is 0 Å². The monoisotopic (exact) mass is 410 g/mol. The van der Waals surface area contributed by atoms with Crippen LogP contribution in [0.3, 0.4) is 0 Å². The summed E-state index contributed by atoms with van der Waals surface area (Å²) in [5, 5.41) is 2.84. The van der Waals surface area contributed by atoms with Crippen molar-refractivity contribution >= 4 is 17.5 Å². The Morgan fingerprint density at radius 2 is 1.73 bits per heavy atom. The zero-order valence-electron chi connectivity index (χ0n) is 18.1. The highest BCUT2D eigenvalue weighted by Gasteiger charge is 2.20. The van der Waals surface area contributed by atoms with Crippen LogP contribution in [0, 0.1) is 0 Å². The van der Waals surface area contributed by atoms with E-state index in [1.807, 2.05) is 24.3 Å². The number of amides is 2. The average Bonchev–Trinajstić information content (AvgIpc) is 2.73. The van der Waals surface area contributed by atoms with Gasteiger partial charge in [0.1, 0.15) is 5.75 Å². The number of morpholine rings is 1. The second-order valence-corrected chi connectivity index (χ2v) is 8.51. The number of ether oxygens (including phenoxy) is 2. The maximum atomic E-state index is 12.6. The predicted octanol–water partition coefficient (Wildman–Crippen LogP) is 3.86. The Bertz CT molecular complexity index is 881. The van der Waals surface area contributed by atoms with Crippen LogP contribution >= 0.6 is 0 Å². The number of nitrogens with zero attached hydrogens (tertiary/aromatic N) is 1. The van der Waals surface area contributed by atoms with E-state index in [9.17, 15) is 9.59 Å². The normalized spacial score (nSPS) is 15.4.